The van der Waals surface area contributed by atoms with Gasteiger partial charge in [-0.25, -0.2) is 15.0 Å². The highest BCUT2D eigenvalue weighted by atomic mass is 16.6. The van der Waals surface area contributed by atoms with Crippen LogP contribution in [0.2, 0.25) is 0 Å². The molecule has 0 atom stereocenters. The van der Waals surface area contributed by atoms with Crippen molar-refractivity contribution in [2.45, 2.75) is 194 Å². The van der Waals surface area contributed by atoms with E-state index in [0.29, 0.717) is 38.5 Å². The van der Waals surface area contributed by atoms with Crippen LogP contribution >= 0.6 is 0 Å². The van der Waals surface area contributed by atoms with Crippen molar-refractivity contribution in [3.05, 3.63) is 0 Å². The van der Waals surface area contributed by atoms with E-state index in [1.165, 1.54) is 20.8 Å². The predicted molar refractivity (Wildman–Crippen MR) is 166 cm³/mol. The third kappa shape index (κ3) is 7.56. The molecule has 0 radical (unpaired) electrons. The average Bonchev–Trinajstić information content (AvgIpc) is 2.65. The van der Waals surface area contributed by atoms with Crippen LogP contribution in [0.3, 0.4) is 0 Å². The van der Waals surface area contributed by atoms with Crippen molar-refractivity contribution < 1.29 is 28.6 Å². The van der Waals surface area contributed by atoms with E-state index in [-0.39, 0.29) is 36.2 Å². The van der Waals surface area contributed by atoms with Crippen LogP contribution < -0.4 is 0 Å². The van der Waals surface area contributed by atoms with Gasteiger partial charge in [0.15, 0.2) is 0 Å². The number of rotatable bonds is 6. The minimum atomic E-state index is -0.417. The average molecular weight is 609 g/mol. The van der Waals surface area contributed by atoms with Gasteiger partial charge in [0.05, 0.1) is 0 Å². The Hall–Kier alpha value is -1.75. The second-order valence-electron chi connectivity index (χ2n) is 17.0. The first-order valence-corrected chi connectivity index (χ1v) is 15.9. The minimum absolute atomic E-state index is 0.202. The summed E-state index contributed by atoms with van der Waals surface area (Å²) in [7, 11) is 0. The molecule has 3 fully saturated rings. The highest BCUT2D eigenvalue weighted by Gasteiger charge is 2.62. The lowest BCUT2D eigenvalue weighted by molar-refractivity contribution is -0.450. The van der Waals surface area contributed by atoms with Crippen LogP contribution in [0.15, 0.2) is 0 Å². The Bertz CT molecular complexity index is 894. The Morgan fingerprint density at radius 2 is 0.605 bits per heavy atom. The second-order valence-corrected chi connectivity index (χ2v) is 17.0. The van der Waals surface area contributed by atoms with Gasteiger partial charge in [-0.15, -0.1) is 5.23 Å². The SMILES string of the molecule is CC(=O)OC1CC(C)(C)N(N(N2C(C)(C)CC(OC(C)=O)CC2(C)C)N2C(C)(C)CC(OC(C)=O)CC2(C)C)C(C)(C)C1. The summed E-state index contributed by atoms with van der Waals surface area (Å²) in [5, 5.41) is 9.94. The Kier molecular flexibility index (Phi) is 9.60. The molecule has 43 heavy (non-hydrogen) atoms. The van der Waals surface area contributed by atoms with Gasteiger partial charge in [-0.05, 0) is 83.1 Å². The number of hydrogen-bond donors (Lipinski definition) is 0. The van der Waals surface area contributed by atoms with E-state index in [9.17, 15) is 14.4 Å². The summed E-state index contributed by atoms with van der Waals surface area (Å²) in [6.07, 6.45) is 3.41. The first-order valence-electron chi connectivity index (χ1n) is 15.9. The first kappa shape index (κ1) is 35.7. The lowest BCUT2D eigenvalue weighted by Crippen LogP contribution is -2.84. The Labute approximate surface area is 260 Å². The van der Waals surface area contributed by atoms with Gasteiger partial charge in [-0.3, -0.25) is 14.4 Å². The zero-order valence-corrected chi connectivity index (χ0v) is 29.7. The van der Waals surface area contributed by atoms with E-state index in [4.69, 9.17) is 14.2 Å². The predicted octanol–water partition coefficient (Wildman–Crippen LogP) is 5.79. The summed E-state index contributed by atoms with van der Waals surface area (Å²) in [6.45, 7) is 31.2. The van der Waals surface area contributed by atoms with E-state index >= 15 is 0 Å². The second kappa shape index (κ2) is 11.6. The van der Waals surface area contributed by atoms with Crippen LogP contribution in [0.4, 0.5) is 0 Å². The van der Waals surface area contributed by atoms with Crippen molar-refractivity contribution in [2.75, 3.05) is 0 Å². The third-order valence-corrected chi connectivity index (χ3v) is 9.34. The molecule has 3 saturated heterocycles. The van der Waals surface area contributed by atoms with Crippen LogP contribution in [0.25, 0.3) is 0 Å². The highest BCUT2D eigenvalue weighted by Crippen LogP contribution is 2.52. The number of hydrazine groups is 3. The van der Waals surface area contributed by atoms with E-state index in [1.807, 2.05) is 0 Å². The van der Waals surface area contributed by atoms with Gasteiger partial charge >= 0.3 is 17.9 Å². The molecule has 10 heteroatoms. The van der Waals surface area contributed by atoms with Crippen molar-refractivity contribution >= 4 is 17.9 Å². The molecule has 0 amide bonds. The molecule has 0 N–H and O–H groups in total. The maximum atomic E-state index is 12.1. The molecular formula is C33H60N4O6. The van der Waals surface area contributed by atoms with Gasteiger partial charge in [0.25, 0.3) is 0 Å². The molecule has 3 heterocycles. The van der Waals surface area contributed by atoms with Crippen LogP contribution in [-0.2, 0) is 28.6 Å². The number of hydrogen-bond acceptors (Lipinski definition) is 10. The summed E-state index contributed by atoms with van der Waals surface area (Å²) in [4.78, 5) is 36.2. The summed E-state index contributed by atoms with van der Waals surface area (Å²) in [5.74, 6) is -0.774. The van der Waals surface area contributed by atoms with Gasteiger partial charge < -0.3 is 14.2 Å². The smallest absolute Gasteiger partial charge is 0.302 e. The number of esters is 3. The van der Waals surface area contributed by atoms with Crippen molar-refractivity contribution in [1.29, 1.82) is 0 Å². The first-order chi connectivity index (χ1) is 19.2. The van der Waals surface area contributed by atoms with Gasteiger partial charge in [0, 0.05) is 92.5 Å². The molecule has 3 aliphatic heterocycles. The van der Waals surface area contributed by atoms with E-state index < -0.39 is 33.2 Å². The number of nitrogens with zero attached hydrogens (tertiary/aromatic N) is 4. The minimum Gasteiger partial charge on any atom is -0.462 e. The molecule has 10 nitrogen and oxygen atoms in total. The Balaban J connectivity index is 2.26. The standard InChI is InChI=1S/C33H60N4O6/c1-22(38)41-25-16-28(4,5)34(29(6,7)17-25)37(35-30(8,9)18-26(42-23(2)39)19-31(35,10)11)36-32(12,13)20-27(43-24(3)40)21-33(36,14)15/h25-27H,16-21H2,1-15H3. The fraction of sp³-hybridized carbons (Fsp3) is 0.909. The van der Waals surface area contributed by atoms with Crippen LogP contribution in [0.5, 0.6) is 0 Å². The van der Waals surface area contributed by atoms with E-state index in [2.05, 4.69) is 103 Å². The van der Waals surface area contributed by atoms with Crippen molar-refractivity contribution in [3.63, 3.8) is 0 Å². The summed E-state index contributed by atoms with van der Waals surface area (Å²) >= 11 is 0. The van der Waals surface area contributed by atoms with Crippen molar-refractivity contribution in [3.8, 4) is 0 Å². The van der Waals surface area contributed by atoms with Gasteiger partial charge in [0.1, 0.15) is 18.3 Å². The molecule has 0 spiro atoms. The van der Waals surface area contributed by atoms with Crippen molar-refractivity contribution in [2.24, 2.45) is 0 Å². The molecule has 3 aliphatic rings. The molecule has 0 aromatic rings. The molecular weight excluding hydrogens is 548 g/mol. The fourth-order valence-corrected chi connectivity index (χ4v) is 9.21. The normalized spacial score (nSPS) is 27.9. The molecule has 3 rings (SSSR count). The highest BCUT2D eigenvalue weighted by molar-refractivity contribution is 5.66. The van der Waals surface area contributed by atoms with Gasteiger partial charge in [-0.1, -0.05) is 0 Å². The number of carbonyl (C=O) groups excluding carboxylic acids is 3. The number of piperidine rings is 3. The Morgan fingerprint density at radius 3 is 0.744 bits per heavy atom. The number of ether oxygens (including phenoxy) is 3. The van der Waals surface area contributed by atoms with Crippen LogP contribution in [-0.4, -0.2) is 89.7 Å². The molecule has 0 aromatic heterocycles. The van der Waals surface area contributed by atoms with Crippen LogP contribution in [0.1, 0.15) is 142 Å². The maximum Gasteiger partial charge on any atom is 0.302 e. The topological polar surface area (TPSA) is 91.9 Å². The zero-order valence-electron chi connectivity index (χ0n) is 29.7. The van der Waals surface area contributed by atoms with E-state index in [0.717, 1.165) is 0 Å². The molecule has 0 saturated carbocycles. The van der Waals surface area contributed by atoms with Gasteiger partial charge in [0.2, 0.25) is 0 Å². The molecule has 248 valence electrons. The largest absolute Gasteiger partial charge is 0.462 e. The Morgan fingerprint density at radius 1 is 0.442 bits per heavy atom. The summed E-state index contributed by atoms with van der Waals surface area (Å²) in [5.41, 5.74) is -2.50. The van der Waals surface area contributed by atoms with E-state index in [1.54, 1.807) is 0 Å². The fourth-order valence-electron chi connectivity index (χ4n) is 9.21. The van der Waals surface area contributed by atoms with Crippen LogP contribution in [0, 0.1) is 0 Å². The summed E-state index contributed by atoms with van der Waals surface area (Å²) in [6, 6.07) is 0. The molecule has 0 aliphatic carbocycles. The maximum absolute atomic E-state index is 12.1. The monoisotopic (exact) mass is 608 g/mol. The third-order valence-electron chi connectivity index (χ3n) is 9.34. The lowest BCUT2D eigenvalue weighted by Gasteiger charge is -2.71. The van der Waals surface area contributed by atoms with Crippen molar-refractivity contribution in [1.82, 2.24) is 20.3 Å². The summed E-state index contributed by atoms with van der Waals surface area (Å²) < 4.78 is 17.5. The zero-order chi connectivity index (χ0) is 33.1. The molecule has 0 unspecified atom stereocenters. The molecule has 0 bridgehead atoms. The molecule has 0 aromatic carbocycles. The van der Waals surface area contributed by atoms with Gasteiger partial charge in [-0.2, -0.15) is 0 Å². The number of carbonyl (C=O) groups is 3. The lowest BCUT2D eigenvalue weighted by atomic mass is 9.77. The quantitative estimate of drug-likeness (QED) is 0.273.